The molecule has 0 bridgehead atoms. The third-order valence-corrected chi connectivity index (χ3v) is 5.76. The van der Waals surface area contributed by atoms with Gasteiger partial charge in [-0.3, -0.25) is 9.36 Å². The summed E-state index contributed by atoms with van der Waals surface area (Å²) in [6, 6.07) is 5.75. The Morgan fingerprint density at radius 2 is 1.96 bits per heavy atom. The number of nitrogens with one attached hydrogen (secondary N) is 1. The summed E-state index contributed by atoms with van der Waals surface area (Å²) in [6.07, 6.45) is 1.92. The number of aromatic nitrogens is 1. The summed E-state index contributed by atoms with van der Waals surface area (Å²) in [5.41, 5.74) is 1.95. The van der Waals surface area contributed by atoms with E-state index in [4.69, 9.17) is 13.8 Å². The summed E-state index contributed by atoms with van der Waals surface area (Å²) in [6.45, 7) is 1.96. The number of methoxy groups -OCH3 is 1. The van der Waals surface area contributed by atoms with Crippen LogP contribution in [0.25, 0.3) is 10.9 Å². The molecule has 23 heavy (non-hydrogen) atoms. The van der Waals surface area contributed by atoms with Crippen LogP contribution < -0.4 is 4.74 Å². The first-order valence-corrected chi connectivity index (χ1v) is 9.03. The summed E-state index contributed by atoms with van der Waals surface area (Å²) in [7, 11) is 0.871. The molecule has 2 rings (SSSR count). The number of benzene rings is 1. The molecule has 2 aromatic rings. The topological polar surface area (TPSA) is 77.6 Å². The Morgan fingerprint density at radius 1 is 1.26 bits per heavy atom. The zero-order valence-corrected chi connectivity index (χ0v) is 14.7. The molecule has 1 aromatic heterocycles. The van der Waals surface area contributed by atoms with Crippen molar-refractivity contribution >= 4 is 24.3 Å². The molecule has 7 heteroatoms. The van der Waals surface area contributed by atoms with Crippen LogP contribution in [-0.2, 0) is 18.4 Å². The van der Waals surface area contributed by atoms with Gasteiger partial charge in [0, 0.05) is 37.7 Å². The average molecular weight is 339 g/mol. The lowest BCUT2D eigenvalue weighted by Gasteiger charge is -2.15. The van der Waals surface area contributed by atoms with Crippen LogP contribution in [-0.4, -0.2) is 38.3 Å². The normalized spacial score (nSPS) is 13.2. The van der Waals surface area contributed by atoms with Crippen molar-refractivity contribution < 1.29 is 23.1 Å². The van der Waals surface area contributed by atoms with Crippen molar-refractivity contribution in [2.45, 2.75) is 19.3 Å². The molecule has 0 aliphatic carbocycles. The molecule has 0 saturated heterocycles. The Balaban J connectivity index is 2.20. The molecule has 0 spiro atoms. The summed E-state index contributed by atoms with van der Waals surface area (Å²) in [5, 5.41) is 0.969. The zero-order chi connectivity index (χ0) is 17.0. The van der Waals surface area contributed by atoms with Crippen molar-refractivity contribution in [3.8, 4) is 5.75 Å². The second kappa shape index (κ2) is 7.30. The zero-order valence-electron chi connectivity index (χ0n) is 13.8. The summed E-state index contributed by atoms with van der Waals surface area (Å²) >= 11 is 0. The van der Waals surface area contributed by atoms with Gasteiger partial charge in [0.25, 0.3) is 0 Å². The monoisotopic (exact) mass is 339 g/mol. The molecular weight excluding hydrogens is 317 g/mol. The number of hydrogen-bond acceptors (Lipinski definition) is 5. The lowest BCUT2D eigenvalue weighted by atomic mass is 9.95. The van der Waals surface area contributed by atoms with Gasteiger partial charge in [-0.1, -0.05) is 13.0 Å². The van der Waals surface area contributed by atoms with Gasteiger partial charge in [-0.2, -0.15) is 0 Å². The standard InChI is InChI=1S/C16H22NO5P/c1-11(8-12(18)10-23(19,21-3)22-4)13-9-17-14-6-5-7-15(20-2)16(13)14/h5-7,9,11,17H,8,10H2,1-4H3. The maximum Gasteiger partial charge on any atom is 0.337 e. The number of aromatic amines is 1. The quantitative estimate of drug-likeness (QED) is 0.742. The summed E-state index contributed by atoms with van der Waals surface area (Å²) in [5.74, 6) is 0.556. The lowest BCUT2D eigenvalue weighted by molar-refractivity contribution is -0.117. The molecule has 1 atom stereocenters. The van der Waals surface area contributed by atoms with E-state index in [9.17, 15) is 9.36 Å². The van der Waals surface area contributed by atoms with E-state index in [0.717, 1.165) is 22.2 Å². The van der Waals surface area contributed by atoms with E-state index < -0.39 is 7.60 Å². The highest BCUT2D eigenvalue weighted by Gasteiger charge is 2.27. The third-order valence-electron chi connectivity index (χ3n) is 3.91. The van der Waals surface area contributed by atoms with Crippen LogP contribution >= 0.6 is 7.60 Å². The Morgan fingerprint density at radius 3 is 2.57 bits per heavy atom. The first kappa shape index (κ1) is 17.7. The Hall–Kier alpha value is -1.62. The van der Waals surface area contributed by atoms with Crippen LogP contribution in [0.5, 0.6) is 5.75 Å². The van der Waals surface area contributed by atoms with E-state index >= 15 is 0 Å². The van der Waals surface area contributed by atoms with E-state index in [-0.39, 0.29) is 24.3 Å². The van der Waals surface area contributed by atoms with Crippen molar-refractivity contribution in [3.05, 3.63) is 30.0 Å². The molecule has 0 fully saturated rings. The Bertz CT molecular complexity index is 731. The number of ketones is 1. The molecule has 0 amide bonds. The molecule has 0 aliphatic rings. The van der Waals surface area contributed by atoms with Crippen molar-refractivity contribution in [1.82, 2.24) is 4.98 Å². The SMILES string of the molecule is COc1cccc2[nH]cc(C(C)CC(=O)CP(=O)(OC)OC)c12. The maximum absolute atomic E-state index is 12.2. The minimum Gasteiger partial charge on any atom is -0.496 e. The molecule has 1 N–H and O–H groups in total. The molecule has 126 valence electrons. The first-order chi connectivity index (χ1) is 10.9. The maximum atomic E-state index is 12.2. The fourth-order valence-corrected chi connectivity index (χ4v) is 3.64. The molecule has 0 saturated carbocycles. The van der Waals surface area contributed by atoms with Crippen LogP contribution in [0, 0.1) is 0 Å². The summed E-state index contributed by atoms with van der Waals surface area (Å²) < 4.78 is 27.1. The number of ether oxygens (including phenoxy) is 1. The highest BCUT2D eigenvalue weighted by molar-refractivity contribution is 7.54. The largest absolute Gasteiger partial charge is 0.496 e. The minimum absolute atomic E-state index is 0.0466. The van der Waals surface area contributed by atoms with Crippen molar-refractivity contribution in [2.75, 3.05) is 27.5 Å². The molecular formula is C16H22NO5P. The second-order valence-corrected chi connectivity index (χ2v) is 7.67. The third kappa shape index (κ3) is 3.83. The van der Waals surface area contributed by atoms with Gasteiger partial charge in [-0.25, -0.2) is 0 Å². The number of Topliss-reactive ketones (excluding diaryl/α,β-unsaturated/α-hetero) is 1. The van der Waals surface area contributed by atoms with Crippen molar-refractivity contribution in [3.63, 3.8) is 0 Å². The van der Waals surface area contributed by atoms with Crippen LogP contribution in [0.15, 0.2) is 24.4 Å². The minimum atomic E-state index is -3.32. The van der Waals surface area contributed by atoms with E-state index in [1.165, 1.54) is 14.2 Å². The fourth-order valence-electron chi connectivity index (χ4n) is 2.67. The number of hydrogen-bond donors (Lipinski definition) is 1. The number of rotatable bonds is 8. The number of fused-ring (bicyclic) bond motifs is 1. The van der Waals surface area contributed by atoms with Gasteiger partial charge in [0.05, 0.1) is 7.11 Å². The van der Waals surface area contributed by atoms with Gasteiger partial charge >= 0.3 is 7.60 Å². The average Bonchev–Trinajstić information content (AvgIpc) is 2.98. The highest BCUT2D eigenvalue weighted by atomic mass is 31.2. The van der Waals surface area contributed by atoms with Gasteiger partial charge in [0.1, 0.15) is 17.7 Å². The molecule has 6 nitrogen and oxygen atoms in total. The van der Waals surface area contributed by atoms with E-state index in [1.807, 2.05) is 31.3 Å². The van der Waals surface area contributed by atoms with E-state index in [2.05, 4.69) is 4.98 Å². The molecule has 0 aliphatic heterocycles. The van der Waals surface area contributed by atoms with Crippen molar-refractivity contribution in [1.29, 1.82) is 0 Å². The number of H-pyrrole nitrogens is 1. The van der Waals surface area contributed by atoms with Crippen LogP contribution in [0.2, 0.25) is 0 Å². The molecule has 0 radical (unpaired) electrons. The van der Waals surface area contributed by atoms with Gasteiger partial charge in [-0.05, 0) is 23.6 Å². The second-order valence-electron chi connectivity index (χ2n) is 5.40. The predicted molar refractivity (Wildman–Crippen MR) is 89.4 cm³/mol. The van der Waals surface area contributed by atoms with E-state index in [0.29, 0.717) is 0 Å². The lowest BCUT2D eigenvalue weighted by Crippen LogP contribution is -2.11. The van der Waals surface area contributed by atoms with Gasteiger partial charge in [-0.15, -0.1) is 0 Å². The van der Waals surface area contributed by atoms with Crippen LogP contribution in [0.1, 0.15) is 24.8 Å². The van der Waals surface area contributed by atoms with Gasteiger partial charge < -0.3 is 18.8 Å². The molecule has 1 heterocycles. The fraction of sp³-hybridized carbons (Fsp3) is 0.438. The van der Waals surface area contributed by atoms with Gasteiger partial charge in [0.2, 0.25) is 0 Å². The summed E-state index contributed by atoms with van der Waals surface area (Å²) in [4.78, 5) is 15.4. The number of carbonyl (C=O) groups excluding carboxylic acids is 1. The first-order valence-electron chi connectivity index (χ1n) is 7.30. The van der Waals surface area contributed by atoms with Crippen molar-refractivity contribution in [2.24, 2.45) is 0 Å². The Kier molecular flexibility index (Phi) is 5.63. The number of carbonyl (C=O) groups is 1. The molecule has 1 unspecified atom stereocenters. The smallest absolute Gasteiger partial charge is 0.337 e. The van der Waals surface area contributed by atoms with Gasteiger partial charge in [0.15, 0.2) is 0 Å². The van der Waals surface area contributed by atoms with Crippen LogP contribution in [0.4, 0.5) is 0 Å². The molecule has 1 aromatic carbocycles. The predicted octanol–water partition coefficient (Wildman–Crippen LogP) is 3.73. The van der Waals surface area contributed by atoms with Crippen LogP contribution in [0.3, 0.4) is 0 Å². The highest BCUT2D eigenvalue weighted by Crippen LogP contribution is 2.46. The Labute approximate surface area is 135 Å². The van der Waals surface area contributed by atoms with E-state index in [1.54, 1.807) is 7.11 Å².